The van der Waals surface area contributed by atoms with Crippen molar-refractivity contribution in [3.8, 4) is 5.75 Å². The average Bonchev–Trinajstić information content (AvgIpc) is 3.22. The van der Waals surface area contributed by atoms with E-state index in [4.69, 9.17) is 32.4 Å². The van der Waals surface area contributed by atoms with E-state index in [1.54, 1.807) is 48.5 Å². The molecule has 156 valence electrons. The Bertz CT molecular complexity index is 1230. The Morgan fingerprint density at radius 1 is 1.03 bits per heavy atom. The van der Waals surface area contributed by atoms with Crippen LogP contribution in [0.3, 0.4) is 0 Å². The molecule has 0 aliphatic rings. The molecule has 6 heteroatoms. The van der Waals surface area contributed by atoms with Crippen LogP contribution in [-0.4, -0.2) is 17.4 Å². The third-order valence-electron chi connectivity index (χ3n) is 4.61. The minimum absolute atomic E-state index is 0.223. The van der Waals surface area contributed by atoms with Gasteiger partial charge in [-0.15, -0.1) is 0 Å². The van der Waals surface area contributed by atoms with Crippen LogP contribution in [0.5, 0.6) is 5.75 Å². The summed E-state index contributed by atoms with van der Waals surface area (Å²) in [6.07, 6.45) is 2.62. The zero-order chi connectivity index (χ0) is 21.8. The van der Waals surface area contributed by atoms with E-state index >= 15 is 0 Å². The van der Waals surface area contributed by atoms with Crippen LogP contribution in [0.25, 0.3) is 22.7 Å². The van der Waals surface area contributed by atoms with Crippen molar-refractivity contribution in [1.82, 2.24) is 4.98 Å². The zero-order valence-corrected chi connectivity index (χ0v) is 18.3. The van der Waals surface area contributed by atoms with E-state index in [0.29, 0.717) is 44.5 Å². The third kappa shape index (κ3) is 4.82. The van der Waals surface area contributed by atoms with Gasteiger partial charge in [-0.2, -0.15) is 0 Å². The first-order chi connectivity index (χ1) is 15.0. The van der Waals surface area contributed by atoms with Gasteiger partial charge in [-0.25, -0.2) is 4.98 Å². The van der Waals surface area contributed by atoms with E-state index in [-0.39, 0.29) is 11.7 Å². The number of ketones is 1. The Kier molecular flexibility index (Phi) is 6.40. The molecule has 0 aliphatic carbocycles. The molecule has 0 atom stereocenters. The molecule has 3 aromatic carbocycles. The molecule has 0 N–H and O–H groups in total. The fourth-order valence-corrected chi connectivity index (χ4v) is 3.37. The lowest BCUT2D eigenvalue weighted by molar-refractivity contribution is 0.105. The second-order valence-electron chi connectivity index (χ2n) is 6.92. The summed E-state index contributed by atoms with van der Waals surface area (Å²) in [7, 11) is 0. The molecular formula is C25H19Cl2NO3. The van der Waals surface area contributed by atoms with Crippen molar-refractivity contribution < 1.29 is 13.9 Å². The van der Waals surface area contributed by atoms with Crippen LogP contribution >= 0.6 is 23.2 Å². The fourth-order valence-electron chi connectivity index (χ4n) is 3.06. The molecule has 4 nitrogen and oxygen atoms in total. The first-order valence-corrected chi connectivity index (χ1v) is 10.6. The molecule has 0 saturated heterocycles. The molecule has 1 aromatic heterocycles. The van der Waals surface area contributed by atoms with Crippen molar-refractivity contribution >= 4 is 51.7 Å². The smallest absolute Gasteiger partial charge is 0.231 e. The number of carbonyl (C=O) groups excluding carboxylic acids is 1. The Balaban J connectivity index is 1.76. The quantitative estimate of drug-likeness (QED) is 0.217. The number of Topliss-reactive ketones (excluding diaryl/α,β-unsaturated/α-hetero) is 1. The first-order valence-electron chi connectivity index (χ1n) is 9.85. The van der Waals surface area contributed by atoms with Crippen LogP contribution in [-0.2, 0) is 0 Å². The number of rotatable bonds is 7. The highest BCUT2D eigenvalue weighted by Gasteiger charge is 2.20. The summed E-state index contributed by atoms with van der Waals surface area (Å²) in [5.41, 5.74) is 2.81. The summed E-state index contributed by atoms with van der Waals surface area (Å²) >= 11 is 12.2. The monoisotopic (exact) mass is 451 g/mol. The summed E-state index contributed by atoms with van der Waals surface area (Å²) in [4.78, 5) is 17.9. The van der Waals surface area contributed by atoms with E-state index in [1.807, 2.05) is 31.2 Å². The lowest BCUT2D eigenvalue weighted by Gasteiger charge is -2.07. The molecule has 0 amide bonds. The Hall–Kier alpha value is -3.08. The maximum atomic E-state index is 13.4. The van der Waals surface area contributed by atoms with E-state index in [0.717, 1.165) is 12.2 Å². The molecule has 1 heterocycles. The number of halogens is 2. The highest BCUT2D eigenvalue weighted by atomic mass is 35.5. The standard InChI is InChI=1S/C25H19Cl2NO3/c1-2-13-30-18-10-8-17(9-11-18)24(29)19(14-16-7-12-20(26)21(27)15-16)25-28-22-5-3-4-6-23(22)31-25/h3-12,14-15H,2,13H2,1H3/b19-14-. The lowest BCUT2D eigenvalue weighted by Crippen LogP contribution is -2.04. The molecule has 31 heavy (non-hydrogen) atoms. The zero-order valence-electron chi connectivity index (χ0n) is 16.8. The van der Waals surface area contributed by atoms with Gasteiger partial charge in [0.05, 0.1) is 22.2 Å². The molecule has 0 spiro atoms. The molecule has 0 bridgehead atoms. The number of para-hydroxylation sites is 2. The highest BCUT2D eigenvalue weighted by Crippen LogP contribution is 2.29. The van der Waals surface area contributed by atoms with Gasteiger partial charge in [-0.3, -0.25) is 4.79 Å². The third-order valence-corrected chi connectivity index (χ3v) is 5.35. The second-order valence-corrected chi connectivity index (χ2v) is 7.73. The topological polar surface area (TPSA) is 52.3 Å². The van der Waals surface area contributed by atoms with Crippen molar-refractivity contribution in [3.05, 3.63) is 93.8 Å². The van der Waals surface area contributed by atoms with Crippen LogP contribution in [0.15, 0.2) is 71.1 Å². The number of oxazole rings is 1. The Morgan fingerprint density at radius 2 is 1.81 bits per heavy atom. The van der Waals surface area contributed by atoms with Crippen LogP contribution in [0.1, 0.15) is 35.2 Å². The maximum absolute atomic E-state index is 13.4. The predicted octanol–water partition coefficient (Wildman–Crippen LogP) is 7.35. The van der Waals surface area contributed by atoms with Crippen molar-refractivity contribution in [1.29, 1.82) is 0 Å². The van der Waals surface area contributed by atoms with Gasteiger partial charge in [-0.1, -0.05) is 48.3 Å². The van der Waals surface area contributed by atoms with Crippen molar-refractivity contribution in [2.45, 2.75) is 13.3 Å². The Morgan fingerprint density at radius 3 is 2.52 bits per heavy atom. The molecule has 4 aromatic rings. The minimum Gasteiger partial charge on any atom is -0.494 e. The van der Waals surface area contributed by atoms with Gasteiger partial charge in [0.25, 0.3) is 0 Å². The minimum atomic E-state index is -0.223. The van der Waals surface area contributed by atoms with E-state index in [9.17, 15) is 4.79 Å². The summed E-state index contributed by atoms with van der Waals surface area (Å²) in [5.74, 6) is 0.735. The summed E-state index contributed by atoms with van der Waals surface area (Å²) < 4.78 is 11.5. The number of benzene rings is 3. The highest BCUT2D eigenvalue weighted by molar-refractivity contribution is 6.42. The van der Waals surface area contributed by atoms with Gasteiger partial charge in [0.1, 0.15) is 11.3 Å². The second kappa shape index (κ2) is 9.38. The molecule has 0 saturated carbocycles. The van der Waals surface area contributed by atoms with Gasteiger partial charge >= 0.3 is 0 Å². The number of allylic oxidation sites excluding steroid dienone is 1. The van der Waals surface area contributed by atoms with Crippen molar-refractivity contribution in [2.24, 2.45) is 0 Å². The van der Waals surface area contributed by atoms with Gasteiger partial charge in [0, 0.05) is 5.56 Å². The van der Waals surface area contributed by atoms with Gasteiger partial charge in [-0.05, 0) is 66.6 Å². The number of carbonyl (C=O) groups is 1. The van der Waals surface area contributed by atoms with Gasteiger partial charge in [0.15, 0.2) is 11.4 Å². The molecule has 0 fully saturated rings. The molecule has 4 rings (SSSR count). The normalized spacial score (nSPS) is 11.6. The number of ether oxygens (including phenoxy) is 1. The predicted molar refractivity (Wildman–Crippen MR) is 125 cm³/mol. The van der Waals surface area contributed by atoms with E-state index in [2.05, 4.69) is 4.98 Å². The number of hydrogen-bond donors (Lipinski definition) is 0. The number of fused-ring (bicyclic) bond motifs is 1. The lowest BCUT2D eigenvalue weighted by atomic mass is 10.0. The van der Waals surface area contributed by atoms with Gasteiger partial charge in [0.2, 0.25) is 5.89 Å². The molecular weight excluding hydrogens is 433 g/mol. The van der Waals surface area contributed by atoms with Crippen LogP contribution < -0.4 is 4.74 Å². The maximum Gasteiger partial charge on any atom is 0.231 e. The molecule has 0 aliphatic heterocycles. The Labute approximate surface area is 190 Å². The van der Waals surface area contributed by atoms with Crippen molar-refractivity contribution in [3.63, 3.8) is 0 Å². The number of hydrogen-bond acceptors (Lipinski definition) is 4. The SMILES string of the molecule is CCCOc1ccc(C(=O)/C(=C/c2ccc(Cl)c(Cl)c2)c2nc3ccccc3o2)cc1. The van der Waals surface area contributed by atoms with Crippen molar-refractivity contribution in [2.75, 3.05) is 6.61 Å². The molecule has 0 radical (unpaired) electrons. The first kappa shape index (κ1) is 21.2. The van der Waals surface area contributed by atoms with Gasteiger partial charge < -0.3 is 9.15 Å². The van der Waals surface area contributed by atoms with E-state index < -0.39 is 0 Å². The van der Waals surface area contributed by atoms with Crippen LogP contribution in [0.2, 0.25) is 10.0 Å². The summed E-state index contributed by atoms with van der Waals surface area (Å²) in [6, 6.07) is 19.6. The molecule has 0 unspecified atom stereocenters. The van der Waals surface area contributed by atoms with Crippen LogP contribution in [0, 0.1) is 0 Å². The van der Waals surface area contributed by atoms with E-state index in [1.165, 1.54) is 0 Å². The van der Waals surface area contributed by atoms with Crippen LogP contribution in [0.4, 0.5) is 0 Å². The fraction of sp³-hybridized carbons (Fsp3) is 0.120. The average molecular weight is 452 g/mol. The summed E-state index contributed by atoms with van der Waals surface area (Å²) in [6.45, 7) is 2.66. The summed E-state index contributed by atoms with van der Waals surface area (Å²) in [5, 5.41) is 0.841. The number of aromatic nitrogens is 1. The number of nitrogens with zero attached hydrogens (tertiary/aromatic N) is 1. The largest absolute Gasteiger partial charge is 0.494 e.